The van der Waals surface area contributed by atoms with Gasteiger partial charge in [-0.25, -0.2) is 0 Å². The fourth-order valence-corrected chi connectivity index (χ4v) is 20.2. The third-order valence-corrected chi connectivity index (χ3v) is 21.3. The van der Waals surface area contributed by atoms with Crippen LogP contribution in [-0.2, 0) is 20.1 Å². The number of rotatable bonds is 7. The van der Waals surface area contributed by atoms with Gasteiger partial charge in [-0.2, -0.15) is 0 Å². The minimum atomic E-state index is -1.43. The number of furan rings is 1. The first-order chi connectivity index (χ1) is 31.9. The molecule has 3 aromatic heterocycles. The van der Waals surface area contributed by atoms with E-state index in [1.54, 1.807) is 16.6 Å². The van der Waals surface area contributed by atoms with Gasteiger partial charge in [0, 0.05) is 37.4 Å². The van der Waals surface area contributed by atoms with Crippen molar-refractivity contribution in [2.45, 2.75) is 77.8 Å². The first-order valence-corrected chi connectivity index (χ1v) is 29.9. The number of aromatic nitrogens is 3. The predicted molar refractivity (Wildman–Crippen MR) is 284 cm³/mol. The molecule has 10 aromatic rings. The topological polar surface area (TPSA) is 43.9 Å². The average molecular weight is 1080 g/mol. The second-order valence-electron chi connectivity index (χ2n) is 19.9. The van der Waals surface area contributed by atoms with Crippen molar-refractivity contribution in [1.82, 2.24) is 14.5 Å². The Hall–Kier alpha value is -5.96. The van der Waals surface area contributed by atoms with Crippen LogP contribution in [0.3, 0.4) is 0 Å². The molecule has 0 saturated carbocycles. The number of nitrogens with zero attached hydrogens (tertiary/aromatic N) is 3. The molecule has 0 N–H and O–H groups in total. The maximum atomic E-state index is 6.56. The molecular formula is C60H57IrN3OSi2-2. The van der Waals surface area contributed by atoms with E-state index in [4.69, 9.17) is 9.40 Å². The van der Waals surface area contributed by atoms with E-state index >= 15 is 0 Å². The Morgan fingerprint density at radius 2 is 1.22 bits per heavy atom. The Kier molecular flexibility index (Phi) is 12.8. The molecule has 0 amide bonds. The summed E-state index contributed by atoms with van der Waals surface area (Å²) in [6, 6.07) is 65.7. The minimum absolute atomic E-state index is 0. The average Bonchev–Trinajstić information content (AvgIpc) is 3.92. The first kappa shape index (κ1) is 46.2. The van der Waals surface area contributed by atoms with Crippen LogP contribution in [-0.4, -0.2) is 30.7 Å². The van der Waals surface area contributed by atoms with Gasteiger partial charge in [-0.1, -0.05) is 172 Å². The molecule has 1 aliphatic heterocycles. The van der Waals surface area contributed by atoms with E-state index in [-0.39, 0.29) is 31.9 Å². The fourth-order valence-electron chi connectivity index (χ4n) is 9.96. The van der Waals surface area contributed by atoms with Gasteiger partial charge in [0.25, 0.3) is 0 Å². The van der Waals surface area contributed by atoms with Crippen LogP contribution in [0.4, 0.5) is 0 Å². The number of benzene rings is 7. The molecule has 4 nitrogen and oxygen atoms in total. The van der Waals surface area contributed by atoms with Crippen LogP contribution < -0.4 is 10.4 Å². The molecule has 0 saturated heterocycles. The Balaban J connectivity index is 0.000000375. The van der Waals surface area contributed by atoms with Crippen molar-refractivity contribution in [2.75, 3.05) is 0 Å². The van der Waals surface area contributed by atoms with Gasteiger partial charge in [0.2, 0.25) is 0 Å². The molecule has 0 fully saturated rings. The van der Waals surface area contributed by atoms with E-state index in [2.05, 4.69) is 173 Å². The van der Waals surface area contributed by atoms with Crippen LogP contribution >= 0.6 is 0 Å². The molecule has 0 unspecified atom stereocenters. The number of para-hydroxylation sites is 3. The quantitative estimate of drug-likeness (QED) is 0.118. The van der Waals surface area contributed by atoms with Gasteiger partial charge in [-0.15, -0.1) is 54.1 Å². The zero-order valence-corrected chi connectivity index (χ0v) is 44.1. The summed E-state index contributed by atoms with van der Waals surface area (Å²) in [5.74, 6) is 1.39. The summed E-state index contributed by atoms with van der Waals surface area (Å²) in [5, 5.41) is 5.59. The van der Waals surface area contributed by atoms with Crippen molar-refractivity contribution in [3.05, 3.63) is 187 Å². The van der Waals surface area contributed by atoms with E-state index in [9.17, 15) is 0 Å². The van der Waals surface area contributed by atoms with E-state index in [0.717, 1.165) is 55.6 Å². The third-order valence-electron chi connectivity index (χ3n) is 13.8. The van der Waals surface area contributed by atoms with Crippen LogP contribution in [0.5, 0.6) is 0 Å². The van der Waals surface area contributed by atoms with Gasteiger partial charge in [0.05, 0.1) is 38.6 Å². The fraction of sp³-hybridized carbons (Fsp3) is 0.200. The van der Waals surface area contributed by atoms with Gasteiger partial charge >= 0.3 is 0 Å². The molecule has 0 aliphatic carbocycles. The molecule has 7 aromatic carbocycles. The van der Waals surface area contributed by atoms with Crippen molar-refractivity contribution in [2.24, 2.45) is 0 Å². The van der Waals surface area contributed by atoms with Gasteiger partial charge in [-0.3, -0.25) is 4.98 Å². The van der Waals surface area contributed by atoms with Crippen molar-refractivity contribution in [3.63, 3.8) is 0 Å². The predicted octanol–water partition coefficient (Wildman–Crippen LogP) is 15.4. The molecule has 7 heteroatoms. The normalized spacial score (nSPS) is 13.9. The molecule has 337 valence electrons. The van der Waals surface area contributed by atoms with Crippen molar-refractivity contribution >= 4 is 59.5 Å². The molecule has 0 atom stereocenters. The largest absolute Gasteiger partial charge is 0.501 e. The second-order valence-corrected chi connectivity index (χ2v) is 29.5. The Bertz CT molecular complexity index is 3300. The van der Waals surface area contributed by atoms with Gasteiger partial charge in [-0.05, 0) is 87.3 Å². The smallest absolute Gasteiger partial charge is 0.120 e. The van der Waals surface area contributed by atoms with Crippen molar-refractivity contribution in [1.29, 1.82) is 0 Å². The molecule has 67 heavy (non-hydrogen) atoms. The summed E-state index contributed by atoms with van der Waals surface area (Å²) in [5.41, 5.74) is 15.6. The number of imidazole rings is 1. The van der Waals surface area contributed by atoms with E-state index < -0.39 is 16.1 Å². The van der Waals surface area contributed by atoms with Crippen LogP contribution in [0.2, 0.25) is 38.3 Å². The minimum Gasteiger partial charge on any atom is -0.501 e. The second kappa shape index (κ2) is 18.6. The summed E-state index contributed by atoms with van der Waals surface area (Å²) in [4.78, 5) is 9.54. The van der Waals surface area contributed by atoms with Crippen LogP contribution in [0.1, 0.15) is 50.7 Å². The Labute approximate surface area is 411 Å². The summed E-state index contributed by atoms with van der Waals surface area (Å²) >= 11 is 0. The maximum Gasteiger partial charge on any atom is 0.120 e. The van der Waals surface area contributed by atoms with Crippen LogP contribution in [0, 0.1) is 12.1 Å². The SMILES string of the molecule is CC(C)c1cc(-c2ccc(-c3ccc4c(c3)[Si](C)(C)CC[Si]4(C)C)cc2)cc(C(C)C)c1-n1c(-c2[c-]ccc3c2oc2ccccc23)nc2ccccc21.[Ir].[c-]1ccccc1-c1ccccn1. The van der Waals surface area contributed by atoms with Gasteiger partial charge < -0.3 is 14.0 Å². The summed E-state index contributed by atoms with van der Waals surface area (Å²) in [7, 11) is -2.80. The number of pyridine rings is 1. The summed E-state index contributed by atoms with van der Waals surface area (Å²) in [6.45, 7) is 19.5. The Morgan fingerprint density at radius 3 is 1.91 bits per heavy atom. The van der Waals surface area contributed by atoms with Crippen molar-refractivity contribution in [3.8, 4) is 50.6 Å². The third kappa shape index (κ3) is 8.75. The summed E-state index contributed by atoms with van der Waals surface area (Å²) < 4.78 is 8.95. The van der Waals surface area contributed by atoms with Crippen LogP contribution in [0.15, 0.2) is 168 Å². The zero-order chi connectivity index (χ0) is 45.7. The van der Waals surface area contributed by atoms with E-state index in [0.29, 0.717) is 0 Å². The van der Waals surface area contributed by atoms with Crippen molar-refractivity contribution < 1.29 is 24.5 Å². The number of hydrogen-bond donors (Lipinski definition) is 0. The molecule has 4 heterocycles. The molecule has 1 radical (unpaired) electrons. The molecule has 0 spiro atoms. The molecular weight excluding hydrogens is 1030 g/mol. The van der Waals surface area contributed by atoms with Crippen LogP contribution in [0.25, 0.3) is 83.6 Å². The zero-order valence-electron chi connectivity index (χ0n) is 39.7. The standard InChI is InChI=1S/C49H49N2OSi2.C11H8N.Ir/c1-31(2)40-28-36(34-22-20-33(21-23-34)35-24-25-45-46(30-35)54(7,8)27-26-53(45,5)6)29-41(32(3)4)47(40)51-43-18-11-10-17-42(43)50-49(51)39-16-13-15-38-37-14-9-12-19-44(37)52-48(38)39;1-2-6-10(7-3-1)11-8-4-5-9-12-11;/h9-15,17-25,28-32H,26-27H2,1-8H3;1-6,8-9H;/q2*-1;. The number of hydrogen-bond acceptors (Lipinski definition) is 3. The molecule has 11 rings (SSSR count). The molecule has 1 aliphatic rings. The van der Waals surface area contributed by atoms with E-state index in [1.807, 2.05) is 60.7 Å². The summed E-state index contributed by atoms with van der Waals surface area (Å²) in [6.07, 6.45) is 1.79. The first-order valence-electron chi connectivity index (χ1n) is 23.5. The maximum absolute atomic E-state index is 6.56. The molecule has 0 bridgehead atoms. The monoisotopic (exact) mass is 1080 g/mol. The Morgan fingerprint density at radius 1 is 0.582 bits per heavy atom. The van der Waals surface area contributed by atoms with Gasteiger partial charge in [0.1, 0.15) is 5.58 Å². The van der Waals surface area contributed by atoms with Gasteiger partial charge in [0.15, 0.2) is 0 Å². The van der Waals surface area contributed by atoms with E-state index in [1.165, 1.54) is 51.2 Å². The number of fused-ring (bicyclic) bond motifs is 5.